The Kier molecular flexibility index (Phi) is 4.53. The van der Waals surface area contributed by atoms with E-state index in [2.05, 4.69) is 16.6 Å². The quantitative estimate of drug-likeness (QED) is 0.429. The largest absolute Gasteiger partial charge is 0.455 e. The van der Waals surface area contributed by atoms with E-state index < -0.39 is 4.92 Å². The van der Waals surface area contributed by atoms with E-state index in [0.29, 0.717) is 28.3 Å². The Balaban J connectivity index is 1.70. The number of hydrogen-bond acceptors (Lipinski definition) is 6. The Bertz CT molecular complexity index is 968. The number of furan rings is 1. The zero-order valence-corrected chi connectivity index (χ0v) is 12.9. The summed E-state index contributed by atoms with van der Waals surface area (Å²) in [6.07, 6.45) is 1.49. The summed E-state index contributed by atoms with van der Waals surface area (Å²) >= 11 is 0. The Morgan fingerprint density at radius 1 is 1.12 bits per heavy atom. The van der Waals surface area contributed by atoms with Gasteiger partial charge in [-0.15, -0.1) is 0 Å². The lowest BCUT2D eigenvalue weighted by Gasteiger charge is -1.99. The summed E-state index contributed by atoms with van der Waals surface area (Å²) in [6, 6.07) is 18.7. The topological polar surface area (TPSA) is 104 Å². The first-order valence-corrected chi connectivity index (χ1v) is 7.30. The fourth-order valence-electron chi connectivity index (χ4n) is 2.19. The highest BCUT2D eigenvalue weighted by molar-refractivity contribution is 5.78. The molecule has 1 heterocycles. The summed E-state index contributed by atoms with van der Waals surface area (Å²) < 4.78 is 5.67. The average Bonchev–Trinajstić information content (AvgIpc) is 3.11. The molecule has 1 aromatic heterocycles. The van der Waals surface area contributed by atoms with Crippen LogP contribution in [-0.2, 0) is 0 Å². The Morgan fingerprint density at radius 3 is 2.60 bits per heavy atom. The number of non-ortho nitro benzene ring substituents is 1. The fourth-order valence-corrected chi connectivity index (χ4v) is 2.19. The third-order valence-electron chi connectivity index (χ3n) is 3.40. The third kappa shape index (κ3) is 3.71. The minimum absolute atomic E-state index is 0.0152. The van der Waals surface area contributed by atoms with Crippen LogP contribution in [0.5, 0.6) is 0 Å². The predicted molar refractivity (Wildman–Crippen MR) is 93.2 cm³/mol. The van der Waals surface area contributed by atoms with Gasteiger partial charge in [-0.2, -0.15) is 10.4 Å². The van der Waals surface area contributed by atoms with Crippen molar-refractivity contribution in [2.24, 2.45) is 5.10 Å². The minimum Gasteiger partial charge on any atom is -0.455 e. The zero-order chi connectivity index (χ0) is 17.6. The van der Waals surface area contributed by atoms with Crippen molar-refractivity contribution in [2.75, 3.05) is 5.43 Å². The van der Waals surface area contributed by atoms with E-state index in [1.165, 1.54) is 18.3 Å². The first-order chi connectivity index (χ1) is 12.2. The standard InChI is InChI=1S/C18H12N4O3/c19-11-13-3-1-2-4-17(13)18-10-9-16(25-18)12-20-21-14-5-7-15(8-6-14)22(23)24/h1-10,12,21H/b20-12-. The Morgan fingerprint density at radius 2 is 1.88 bits per heavy atom. The molecule has 3 rings (SSSR count). The molecule has 1 N–H and O–H groups in total. The molecule has 0 saturated heterocycles. The fraction of sp³-hybridized carbons (Fsp3) is 0. The van der Waals surface area contributed by atoms with Crippen LogP contribution >= 0.6 is 0 Å². The van der Waals surface area contributed by atoms with Crippen molar-refractivity contribution in [1.82, 2.24) is 0 Å². The molecule has 0 bridgehead atoms. The van der Waals surface area contributed by atoms with Crippen molar-refractivity contribution in [3.05, 3.63) is 82.1 Å². The second kappa shape index (κ2) is 7.10. The normalized spacial score (nSPS) is 10.5. The minimum atomic E-state index is -0.462. The first-order valence-electron chi connectivity index (χ1n) is 7.30. The van der Waals surface area contributed by atoms with Crippen molar-refractivity contribution in [1.29, 1.82) is 5.26 Å². The highest BCUT2D eigenvalue weighted by Crippen LogP contribution is 2.24. The number of hydrogen-bond donors (Lipinski definition) is 1. The van der Waals surface area contributed by atoms with Crippen molar-refractivity contribution >= 4 is 17.6 Å². The first kappa shape index (κ1) is 16.0. The van der Waals surface area contributed by atoms with Crippen LogP contribution in [0.4, 0.5) is 11.4 Å². The number of benzene rings is 2. The summed E-state index contributed by atoms with van der Waals surface area (Å²) in [7, 11) is 0. The molecule has 0 spiro atoms. The number of nitro groups is 1. The van der Waals surface area contributed by atoms with Crippen LogP contribution in [0.2, 0.25) is 0 Å². The molecule has 0 aliphatic rings. The summed E-state index contributed by atoms with van der Waals surface area (Å²) in [5.41, 5.74) is 4.64. The maximum atomic E-state index is 10.6. The summed E-state index contributed by atoms with van der Waals surface area (Å²) in [4.78, 5) is 10.1. The van der Waals surface area contributed by atoms with E-state index >= 15 is 0 Å². The van der Waals surface area contributed by atoms with Gasteiger partial charge >= 0.3 is 0 Å². The molecule has 0 unspecified atom stereocenters. The van der Waals surface area contributed by atoms with E-state index in [1.807, 2.05) is 12.1 Å². The molecule has 25 heavy (non-hydrogen) atoms. The number of hydrazone groups is 1. The lowest BCUT2D eigenvalue weighted by atomic mass is 10.1. The molecule has 7 heteroatoms. The lowest BCUT2D eigenvalue weighted by Crippen LogP contribution is -1.91. The molecule has 0 aliphatic heterocycles. The van der Waals surface area contributed by atoms with E-state index in [1.54, 1.807) is 36.4 Å². The summed E-state index contributed by atoms with van der Waals surface area (Å²) in [5.74, 6) is 1.09. The molecule has 0 atom stereocenters. The molecule has 0 saturated carbocycles. The summed E-state index contributed by atoms with van der Waals surface area (Å²) in [6.45, 7) is 0. The number of nitrogens with zero attached hydrogens (tertiary/aromatic N) is 3. The second-order valence-corrected chi connectivity index (χ2v) is 5.03. The number of anilines is 1. The van der Waals surface area contributed by atoms with Crippen molar-refractivity contribution in [2.45, 2.75) is 0 Å². The average molecular weight is 332 g/mol. The van der Waals surface area contributed by atoms with Gasteiger partial charge in [0, 0.05) is 17.7 Å². The number of nitrogens with one attached hydrogen (secondary N) is 1. The molecule has 0 radical (unpaired) electrons. The monoisotopic (exact) mass is 332 g/mol. The summed E-state index contributed by atoms with van der Waals surface area (Å²) in [5, 5.41) is 23.8. The molecule has 0 fully saturated rings. The van der Waals surface area contributed by atoms with Gasteiger partial charge in [0.1, 0.15) is 11.5 Å². The SMILES string of the molecule is N#Cc1ccccc1-c1ccc(/C=N\Nc2ccc([N+](=O)[O-])cc2)o1. The van der Waals surface area contributed by atoms with Gasteiger partial charge in [0.05, 0.1) is 28.5 Å². The van der Waals surface area contributed by atoms with E-state index in [-0.39, 0.29) is 5.69 Å². The van der Waals surface area contributed by atoms with Gasteiger partial charge in [-0.3, -0.25) is 15.5 Å². The molecule has 2 aromatic carbocycles. The van der Waals surface area contributed by atoms with Crippen LogP contribution in [0.15, 0.2) is 70.2 Å². The molecule has 0 aliphatic carbocycles. The van der Waals surface area contributed by atoms with Crippen molar-refractivity contribution in [3.63, 3.8) is 0 Å². The molecular formula is C18H12N4O3. The van der Waals surface area contributed by atoms with Crippen LogP contribution in [-0.4, -0.2) is 11.1 Å². The van der Waals surface area contributed by atoms with E-state index in [0.717, 1.165) is 0 Å². The van der Waals surface area contributed by atoms with Crippen molar-refractivity contribution in [3.8, 4) is 17.4 Å². The molecule has 3 aromatic rings. The van der Waals surface area contributed by atoms with Crippen LogP contribution in [0.3, 0.4) is 0 Å². The van der Waals surface area contributed by atoms with Crippen LogP contribution in [0.25, 0.3) is 11.3 Å². The number of nitro benzene ring substituents is 1. The number of nitriles is 1. The molecule has 122 valence electrons. The van der Waals surface area contributed by atoms with Gasteiger partial charge in [-0.25, -0.2) is 0 Å². The third-order valence-corrected chi connectivity index (χ3v) is 3.40. The van der Waals surface area contributed by atoms with Crippen LogP contribution < -0.4 is 5.43 Å². The highest BCUT2D eigenvalue weighted by atomic mass is 16.6. The van der Waals surface area contributed by atoms with Crippen LogP contribution in [0, 0.1) is 21.4 Å². The maximum absolute atomic E-state index is 10.6. The van der Waals surface area contributed by atoms with Gasteiger partial charge in [0.15, 0.2) is 0 Å². The van der Waals surface area contributed by atoms with E-state index in [4.69, 9.17) is 9.68 Å². The van der Waals surface area contributed by atoms with Gasteiger partial charge in [-0.1, -0.05) is 12.1 Å². The van der Waals surface area contributed by atoms with E-state index in [9.17, 15) is 10.1 Å². The van der Waals surface area contributed by atoms with Crippen LogP contribution in [0.1, 0.15) is 11.3 Å². The molecule has 7 nitrogen and oxygen atoms in total. The smallest absolute Gasteiger partial charge is 0.269 e. The van der Waals surface area contributed by atoms with Gasteiger partial charge < -0.3 is 4.42 Å². The number of rotatable bonds is 5. The Labute approximate surface area is 143 Å². The van der Waals surface area contributed by atoms with Crippen molar-refractivity contribution < 1.29 is 9.34 Å². The molecule has 0 amide bonds. The zero-order valence-electron chi connectivity index (χ0n) is 12.9. The molecular weight excluding hydrogens is 320 g/mol. The van der Waals surface area contributed by atoms with Gasteiger partial charge in [-0.05, 0) is 36.4 Å². The second-order valence-electron chi connectivity index (χ2n) is 5.03. The maximum Gasteiger partial charge on any atom is 0.269 e. The van der Waals surface area contributed by atoms with Gasteiger partial charge in [0.25, 0.3) is 5.69 Å². The predicted octanol–water partition coefficient (Wildman–Crippen LogP) is 4.17. The Hall–Kier alpha value is -3.92. The van der Waals surface area contributed by atoms with Gasteiger partial charge in [0.2, 0.25) is 0 Å². The highest BCUT2D eigenvalue weighted by Gasteiger charge is 2.08. The lowest BCUT2D eigenvalue weighted by molar-refractivity contribution is -0.384.